The lowest BCUT2D eigenvalue weighted by Gasteiger charge is -2.28. The van der Waals surface area contributed by atoms with E-state index in [0.29, 0.717) is 24.2 Å². The molecule has 1 aliphatic heterocycles. The van der Waals surface area contributed by atoms with Crippen LogP contribution in [0.3, 0.4) is 0 Å². The number of rotatable bonds is 7. The van der Waals surface area contributed by atoms with E-state index in [-0.39, 0.29) is 17.2 Å². The molecule has 0 spiro atoms. The van der Waals surface area contributed by atoms with E-state index < -0.39 is 32.0 Å². The first-order valence-corrected chi connectivity index (χ1v) is 12.2. The summed E-state index contributed by atoms with van der Waals surface area (Å²) in [4.78, 5) is 0.00440. The SMILES string of the molecule is CO[C@@H](CNS(=O)(=O)c1ccc(N2CCCCS2(=O)=O)cc1)c1cccc(F)c1. The van der Waals surface area contributed by atoms with E-state index in [4.69, 9.17) is 4.74 Å². The zero-order valence-electron chi connectivity index (χ0n) is 15.9. The van der Waals surface area contributed by atoms with Gasteiger partial charge in [-0.2, -0.15) is 0 Å². The van der Waals surface area contributed by atoms with Gasteiger partial charge >= 0.3 is 0 Å². The van der Waals surface area contributed by atoms with Crippen LogP contribution in [0.15, 0.2) is 53.4 Å². The van der Waals surface area contributed by atoms with Gasteiger partial charge in [0.05, 0.1) is 22.4 Å². The molecule has 1 aliphatic rings. The first-order chi connectivity index (χ1) is 13.7. The maximum atomic E-state index is 13.4. The third-order valence-electron chi connectivity index (χ3n) is 4.75. The molecule has 1 fully saturated rings. The van der Waals surface area contributed by atoms with Gasteiger partial charge in [-0.25, -0.2) is 25.9 Å². The molecule has 0 aliphatic carbocycles. The Hall–Kier alpha value is -2.01. The Morgan fingerprint density at radius 2 is 1.90 bits per heavy atom. The summed E-state index contributed by atoms with van der Waals surface area (Å²) in [7, 11) is -5.80. The van der Waals surface area contributed by atoms with Crippen molar-refractivity contribution in [3.8, 4) is 0 Å². The summed E-state index contributed by atoms with van der Waals surface area (Å²) in [6.07, 6.45) is 0.735. The third-order valence-corrected chi connectivity index (χ3v) is 8.06. The van der Waals surface area contributed by atoms with Crippen molar-refractivity contribution in [2.24, 2.45) is 0 Å². The molecule has 1 atom stereocenters. The minimum absolute atomic E-state index is 0.00440. The molecule has 1 N–H and O–H groups in total. The number of hydrogen-bond acceptors (Lipinski definition) is 5. The number of nitrogens with zero attached hydrogens (tertiary/aromatic N) is 1. The fourth-order valence-electron chi connectivity index (χ4n) is 3.18. The maximum Gasteiger partial charge on any atom is 0.240 e. The number of sulfonamides is 2. The number of benzene rings is 2. The Morgan fingerprint density at radius 1 is 1.17 bits per heavy atom. The molecule has 0 amide bonds. The number of nitrogens with one attached hydrogen (secondary N) is 1. The molecule has 10 heteroatoms. The summed E-state index contributed by atoms with van der Waals surface area (Å²) >= 11 is 0. The van der Waals surface area contributed by atoms with Crippen LogP contribution < -0.4 is 9.03 Å². The van der Waals surface area contributed by atoms with Gasteiger partial charge in [0.2, 0.25) is 20.0 Å². The number of anilines is 1. The first-order valence-electron chi connectivity index (χ1n) is 9.11. The highest BCUT2D eigenvalue weighted by molar-refractivity contribution is 7.92. The average molecular weight is 443 g/mol. The highest BCUT2D eigenvalue weighted by atomic mass is 32.2. The first kappa shape index (κ1) is 21.7. The van der Waals surface area contributed by atoms with Crippen LogP contribution in [0, 0.1) is 5.82 Å². The smallest absolute Gasteiger partial charge is 0.240 e. The van der Waals surface area contributed by atoms with Crippen LogP contribution in [0.4, 0.5) is 10.1 Å². The maximum absolute atomic E-state index is 13.4. The highest BCUT2D eigenvalue weighted by Gasteiger charge is 2.26. The van der Waals surface area contributed by atoms with E-state index in [0.717, 1.165) is 6.42 Å². The molecular weight excluding hydrogens is 419 g/mol. The Bertz CT molecular complexity index is 1060. The number of ether oxygens (including phenoxy) is 1. The largest absolute Gasteiger partial charge is 0.375 e. The Kier molecular flexibility index (Phi) is 6.57. The molecule has 7 nitrogen and oxygen atoms in total. The molecule has 1 saturated heterocycles. The van der Waals surface area contributed by atoms with Crippen LogP contribution in [0.2, 0.25) is 0 Å². The summed E-state index contributed by atoms with van der Waals surface area (Å²) < 4.78 is 72.0. The molecule has 0 bridgehead atoms. The Morgan fingerprint density at radius 3 is 2.52 bits per heavy atom. The van der Waals surface area contributed by atoms with Crippen LogP contribution in [0.1, 0.15) is 24.5 Å². The predicted octanol–water partition coefficient (Wildman–Crippen LogP) is 2.42. The lowest BCUT2D eigenvalue weighted by molar-refractivity contribution is 0.107. The Balaban J connectivity index is 1.72. The van der Waals surface area contributed by atoms with Gasteiger partial charge in [-0.05, 0) is 54.8 Å². The topological polar surface area (TPSA) is 92.8 Å². The molecular formula is C19H23FN2O5S2. The van der Waals surface area contributed by atoms with E-state index in [1.165, 1.54) is 53.9 Å². The quantitative estimate of drug-likeness (QED) is 0.711. The van der Waals surface area contributed by atoms with Gasteiger partial charge in [0, 0.05) is 20.2 Å². The predicted molar refractivity (Wildman–Crippen MR) is 108 cm³/mol. The van der Waals surface area contributed by atoms with Crippen molar-refractivity contribution in [1.29, 1.82) is 0 Å². The van der Waals surface area contributed by atoms with E-state index in [1.807, 2.05) is 0 Å². The van der Waals surface area contributed by atoms with Crippen molar-refractivity contribution < 1.29 is 26.0 Å². The van der Waals surface area contributed by atoms with E-state index in [2.05, 4.69) is 4.72 Å². The van der Waals surface area contributed by atoms with Crippen molar-refractivity contribution in [2.45, 2.75) is 23.8 Å². The summed E-state index contributed by atoms with van der Waals surface area (Å²) in [5, 5.41) is 0. The lowest BCUT2D eigenvalue weighted by Crippen LogP contribution is -2.37. The van der Waals surface area contributed by atoms with Crippen molar-refractivity contribution in [1.82, 2.24) is 4.72 Å². The third kappa shape index (κ3) is 5.13. The molecule has 0 saturated carbocycles. The highest BCUT2D eigenvalue weighted by Crippen LogP contribution is 2.25. The van der Waals surface area contributed by atoms with Gasteiger partial charge in [-0.15, -0.1) is 0 Å². The average Bonchev–Trinajstić information content (AvgIpc) is 2.68. The standard InChI is InChI=1S/C19H23FN2O5S2/c1-27-19(15-5-4-6-16(20)13-15)14-21-29(25,26)18-9-7-17(8-10-18)22-11-2-3-12-28(22,23)24/h4-10,13,19,21H,2-3,11-12,14H2,1H3/t19-/m0/s1. The van der Waals surface area contributed by atoms with Crippen molar-refractivity contribution in [2.75, 3.05) is 30.3 Å². The molecule has 2 aromatic rings. The fraction of sp³-hybridized carbons (Fsp3) is 0.368. The second-order valence-electron chi connectivity index (χ2n) is 6.72. The van der Waals surface area contributed by atoms with Crippen molar-refractivity contribution >= 4 is 25.7 Å². The summed E-state index contributed by atoms with van der Waals surface area (Å²) in [5.74, 6) is -0.344. The van der Waals surface area contributed by atoms with Gasteiger partial charge in [-0.3, -0.25) is 4.31 Å². The van der Waals surface area contributed by atoms with Gasteiger partial charge in [-0.1, -0.05) is 12.1 Å². The molecule has 0 radical (unpaired) electrons. The second kappa shape index (κ2) is 8.78. The van der Waals surface area contributed by atoms with Gasteiger partial charge in [0.1, 0.15) is 5.82 Å². The molecule has 0 aromatic heterocycles. The number of methoxy groups -OCH3 is 1. The molecule has 0 unspecified atom stereocenters. The van der Waals surface area contributed by atoms with Crippen LogP contribution in [0.25, 0.3) is 0 Å². The second-order valence-corrected chi connectivity index (χ2v) is 10.5. The Labute approximate surface area is 170 Å². The van der Waals surface area contributed by atoms with Crippen LogP contribution in [0.5, 0.6) is 0 Å². The lowest BCUT2D eigenvalue weighted by atomic mass is 10.1. The van der Waals surface area contributed by atoms with Crippen molar-refractivity contribution in [3.63, 3.8) is 0 Å². The monoisotopic (exact) mass is 442 g/mol. The van der Waals surface area contributed by atoms with Gasteiger partial charge in [0.25, 0.3) is 0 Å². The zero-order chi connectivity index (χ0) is 21.1. The van der Waals surface area contributed by atoms with E-state index >= 15 is 0 Å². The van der Waals surface area contributed by atoms with E-state index in [1.54, 1.807) is 6.07 Å². The summed E-state index contributed by atoms with van der Waals surface area (Å²) in [6.45, 7) is 0.306. The van der Waals surface area contributed by atoms with Crippen molar-refractivity contribution in [3.05, 3.63) is 59.9 Å². The molecule has 29 heavy (non-hydrogen) atoms. The van der Waals surface area contributed by atoms with E-state index in [9.17, 15) is 21.2 Å². The molecule has 3 rings (SSSR count). The van der Waals surface area contributed by atoms with Crippen LogP contribution >= 0.6 is 0 Å². The molecule has 1 heterocycles. The van der Waals surface area contributed by atoms with Gasteiger partial charge in [0.15, 0.2) is 0 Å². The number of halogens is 1. The summed E-state index contributed by atoms with van der Waals surface area (Å²) in [5.41, 5.74) is 0.957. The molecule has 158 valence electrons. The molecule has 2 aromatic carbocycles. The normalized spacial score (nSPS) is 17.8. The zero-order valence-corrected chi connectivity index (χ0v) is 17.5. The fourth-order valence-corrected chi connectivity index (χ4v) is 5.85. The van der Waals surface area contributed by atoms with Crippen LogP contribution in [-0.4, -0.2) is 42.8 Å². The minimum Gasteiger partial charge on any atom is -0.375 e. The van der Waals surface area contributed by atoms with Crippen LogP contribution in [-0.2, 0) is 24.8 Å². The van der Waals surface area contributed by atoms with Gasteiger partial charge < -0.3 is 4.74 Å². The summed E-state index contributed by atoms with van der Waals surface area (Å²) in [6, 6.07) is 11.5. The minimum atomic E-state index is -3.85. The number of hydrogen-bond donors (Lipinski definition) is 1.